The summed E-state index contributed by atoms with van der Waals surface area (Å²) < 4.78 is 10.2. The third-order valence-electron chi connectivity index (χ3n) is 3.16. The van der Waals surface area contributed by atoms with Crippen LogP contribution in [0.4, 0.5) is 5.69 Å². The Morgan fingerprint density at radius 2 is 1.61 bits per heavy atom. The van der Waals surface area contributed by atoms with Gasteiger partial charge in [0.2, 0.25) is 0 Å². The van der Waals surface area contributed by atoms with Crippen molar-refractivity contribution >= 4 is 27.6 Å². The molecule has 0 radical (unpaired) electrons. The molecule has 0 spiro atoms. The van der Waals surface area contributed by atoms with Crippen molar-refractivity contribution in [3.05, 3.63) is 87.5 Å². The highest BCUT2D eigenvalue weighted by molar-refractivity contribution is 5.92. The minimum Gasteiger partial charge on any atom is -0.464 e. The lowest BCUT2D eigenvalue weighted by atomic mass is 10.2. The summed E-state index contributed by atoms with van der Waals surface area (Å²) in [6.45, 7) is 0. The number of rotatable bonds is 1. The predicted octanol–water partition coefficient (Wildman–Crippen LogP) is 4.13. The number of benzene rings is 2. The highest BCUT2D eigenvalue weighted by Crippen LogP contribution is 2.22. The van der Waals surface area contributed by atoms with Crippen molar-refractivity contribution in [3.8, 4) is 0 Å². The molecule has 0 aliphatic carbocycles. The molecule has 0 amide bonds. The van der Waals surface area contributed by atoms with E-state index in [0.717, 1.165) is 16.4 Å². The van der Waals surface area contributed by atoms with E-state index in [1.54, 1.807) is 36.6 Å². The van der Waals surface area contributed by atoms with Crippen LogP contribution in [0.3, 0.4) is 0 Å². The van der Waals surface area contributed by atoms with E-state index in [-0.39, 0.29) is 11.3 Å². The Bertz CT molecular complexity index is 1020. The Kier molecular flexibility index (Phi) is 3.88. The lowest BCUT2D eigenvalue weighted by molar-refractivity contribution is -0.384. The second kappa shape index (κ2) is 6.15. The molecule has 0 aliphatic rings. The summed E-state index contributed by atoms with van der Waals surface area (Å²) in [4.78, 5) is 20.6. The lowest BCUT2D eigenvalue weighted by Gasteiger charge is -1.94. The first-order chi connectivity index (χ1) is 11.1. The zero-order valence-corrected chi connectivity index (χ0v) is 11.8. The van der Waals surface area contributed by atoms with E-state index in [0.29, 0.717) is 5.58 Å². The molecule has 114 valence electrons. The monoisotopic (exact) mass is 309 g/mol. The van der Waals surface area contributed by atoms with Crippen LogP contribution in [0.5, 0.6) is 0 Å². The minimum absolute atomic E-state index is 0.137. The van der Waals surface area contributed by atoms with Crippen molar-refractivity contribution in [1.82, 2.24) is 0 Å². The van der Waals surface area contributed by atoms with Crippen LogP contribution in [0, 0.1) is 10.1 Å². The molecular weight excluding hydrogens is 298 g/mol. The number of hydrogen-bond acceptors (Lipinski definition) is 5. The van der Waals surface area contributed by atoms with Gasteiger partial charge in [0.05, 0.1) is 11.2 Å². The molecule has 0 saturated carbocycles. The molecule has 0 aliphatic heterocycles. The van der Waals surface area contributed by atoms with Crippen LogP contribution in [0.15, 0.2) is 80.6 Å². The molecular formula is C17H11NO5. The largest absolute Gasteiger partial charge is 0.464 e. The van der Waals surface area contributed by atoms with Gasteiger partial charge in [0.25, 0.3) is 5.69 Å². The van der Waals surface area contributed by atoms with Gasteiger partial charge in [-0.3, -0.25) is 10.1 Å². The van der Waals surface area contributed by atoms with Gasteiger partial charge in [-0.05, 0) is 18.2 Å². The number of hydrogen-bond donors (Lipinski definition) is 0. The zero-order valence-electron chi connectivity index (χ0n) is 11.8. The normalized spacial score (nSPS) is 10.3. The van der Waals surface area contributed by atoms with Gasteiger partial charge in [0.1, 0.15) is 11.2 Å². The van der Waals surface area contributed by atoms with E-state index in [9.17, 15) is 14.9 Å². The molecule has 4 rings (SSSR count). The van der Waals surface area contributed by atoms with Crippen LogP contribution in [-0.2, 0) is 0 Å². The number of furan rings is 1. The van der Waals surface area contributed by atoms with E-state index in [2.05, 4.69) is 0 Å². The SMILES string of the molecule is O=[N+]([O-])c1ccccc1.O=c1ccc2cc3ccoc3cc2o1. The van der Waals surface area contributed by atoms with E-state index in [1.165, 1.54) is 18.2 Å². The third-order valence-corrected chi connectivity index (χ3v) is 3.16. The Labute approximate surface area is 129 Å². The minimum atomic E-state index is -0.417. The van der Waals surface area contributed by atoms with Crippen LogP contribution < -0.4 is 5.63 Å². The molecule has 4 aromatic rings. The molecule has 0 N–H and O–H groups in total. The molecule has 2 aromatic carbocycles. The van der Waals surface area contributed by atoms with Crippen molar-refractivity contribution in [2.75, 3.05) is 0 Å². The van der Waals surface area contributed by atoms with E-state index >= 15 is 0 Å². The number of nitro benzene ring substituents is 1. The van der Waals surface area contributed by atoms with Crippen LogP contribution in [0.2, 0.25) is 0 Å². The van der Waals surface area contributed by atoms with Gasteiger partial charge < -0.3 is 8.83 Å². The molecule has 6 heteroatoms. The van der Waals surface area contributed by atoms with Crippen LogP contribution in [0.1, 0.15) is 0 Å². The molecule has 6 nitrogen and oxygen atoms in total. The summed E-state index contributed by atoms with van der Waals surface area (Å²) in [5, 5.41) is 11.9. The van der Waals surface area contributed by atoms with Gasteiger partial charge in [-0.15, -0.1) is 0 Å². The molecule has 0 bridgehead atoms. The number of non-ortho nitro benzene ring substituents is 1. The highest BCUT2D eigenvalue weighted by Gasteiger charge is 2.02. The summed E-state index contributed by atoms with van der Waals surface area (Å²) in [5.74, 6) is 0. The highest BCUT2D eigenvalue weighted by atomic mass is 16.6. The quantitative estimate of drug-likeness (QED) is 0.300. The summed E-state index contributed by atoms with van der Waals surface area (Å²) in [5.41, 5.74) is 1.08. The maximum absolute atomic E-state index is 11.0. The predicted molar refractivity (Wildman–Crippen MR) is 85.4 cm³/mol. The molecule has 0 unspecified atom stereocenters. The number of nitrogens with zero attached hydrogens (tertiary/aromatic N) is 1. The Morgan fingerprint density at radius 1 is 0.870 bits per heavy atom. The molecule has 2 aromatic heterocycles. The van der Waals surface area contributed by atoms with Crippen molar-refractivity contribution in [3.63, 3.8) is 0 Å². The van der Waals surface area contributed by atoms with Crippen molar-refractivity contribution in [2.24, 2.45) is 0 Å². The van der Waals surface area contributed by atoms with Gasteiger partial charge in [-0.1, -0.05) is 18.2 Å². The standard InChI is InChI=1S/C11H6O3.C6H5NO2/c12-11-2-1-7-5-8-3-4-13-9(8)6-10(7)14-11;8-7(9)6-4-2-1-3-5-6/h1-6H;1-5H. The third kappa shape index (κ3) is 3.26. The average molecular weight is 309 g/mol. The summed E-state index contributed by atoms with van der Waals surface area (Å²) in [6, 6.07) is 16.6. The molecule has 0 saturated heterocycles. The second-order valence-corrected chi connectivity index (χ2v) is 4.70. The number of nitro groups is 1. The first-order valence-electron chi connectivity index (χ1n) is 6.74. The molecule has 23 heavy (non-hydrogen) atoms. The number of para-hydroxylation sites is 1. The van der Waals surface area contributed by atoms with Gasteiger partial charge in [0.15, 0.2) is 0 Å². The second-order valence-electron chi connectivity index (χ2n) is 4.70. The maximum atomic E-state index is 11.0. The topological polar surface area (TPSA) is 86.5 Å². The fourth-order valence-electron chi connectivity index (χ4n) is 2.08. The summed E-state index contributed by atoms with van der Waals surface area (Å²) >= 11 is 0. The average Bonchev–Trinajstić information content (AvgIpc) is 3.01. The molecule has 2 heterocycles. The summed E-state index contributed by atoms with van der Waals surface area (Å²) in [6.07, 6.45) is 1.61. The fraction of sp³-hybridized carbons (Fsp3) is 0. The lowest BCUT2D eigenvalue weighted by Crippen LogP contribution is -1.93. The Balaban J connectivity index is 0.000000151. The molecule has 0 atom stereocenters. The zero-order chi connectivity index (χ0) is 16.2. The van der Waals surface area contributed by atoms with E-state index in [4.69, 9.17) is 8.83 Å². The van der Waals surface area contributed by atoms with Gasteiger partial charge in [-0.25, -0.2) is 4.79 Å². The Morgan fingerprint density at radius 3 is 2.30 bits per heavy atom. The van der Waals surface area contributed by atoms with Crippen LogP contribution >= 0.6 is 0 Å². The van der Waals surface area contributed by atoms with Crippen molar-refractivity contribution in [1.29, 1.82) is 0 Å². The first-order valence-corrected chi connectivity index (χ1v) is 6.74. The van der Waals surface area contributed by atoms with Crippen molar-refractivity contribution in [2.45, 2.75) is 0 Å². The summed E-state index contributed by atoms with van der Waals surface area (Å²) in [7, 11) is 0. The van der Waals surface area contributed by atoms with E-state index < -0.39 is 4.92 Å². The number of fused-ring (bicyclic) bond motifs is 2. The van der Waals surface area contributed by atoms with Crippen LogP contribution in [-0.4, -0.2) is 4.92 Å². The fourth-order valence-corrected chi connectivity index (χ4v) is 2.08. The maximum Gasteiger partial charge on any atom is 0.336 e. The van der Waals surface area contributed by atoms with Gasteiger partial charge >= 0.3 is 5.63 Å². The van der Waals surface area contributed by atoms with Crippen LogP contribution in [0.25, 0.3) is 21.9 Å². The van der Waals surface area contributed by atoms with E-state index in [1.807, 2.05) is 12.1 Å². The van der Waals surface area contributed by atoms with Gasteiger partial charge in [0, 0.05) is 35.0 Å². The van der Waals surface area contributed by atoms with Gasteiger partial charge in [-0.2, -0.15) is 0 Å². The molecule has 0 fully saturated rings. The Hall–Kier alpha value is -3.41. The van der Waals surface area contributed by atoms with Crippen molar-refractivity contribution < 1.29 is 13.8 Å². The first kappa shape index (κ1) is 14.5. The smallest absolute Gasteiger partial charge is 0.336 e.